The van der Waals surface area contributed by atoms with Gasteiger partial charge in [-0.1, -0.05) is 11.3 Å². The number of methoxy groups -OCH3 is 1. The van der Waals surface area contributed by atoms with E-state index >= 15 is 0 Å². The third-order valence-electron chi connectivity index (χ3n) is 3.57. The number of aromatic amines is 1. The van der Waals surface area contributed by atoms with Crippen LogP contribution in [-0.4, -0.2) is 54.0 Å². The summed E-state index contributed by atoms with van der Waals surface area (Å²) in [4.78, 5) is 38.9. The van der Waals surface area contributed by atoms with Crippen molar-refractivity contribution in [2.75, 3.05) is 20.2 Å². The molecule has 1 aromatic heterocycles. The Morgan fingerprint density at radius 3 is 2.90 bits per heavy atom. The number of amides is 2. The van der Waals surface area contributed by atoms with E-state index in [9.17, 15) is 14.4 Å². The summed E-state index contributed by atoms with van der Waals surface area (Å²) >= 11 is 1.10. The van der Waals surface area contributed by atoms with E-state index in [0.717, 1.165) is 17.0 Å². The lowest BCUT2D eigenvalue weighted by Gasteiger charge is -2.21. The second-order valence-corrected chi connectivity index (χ2v) is 5.84. The first-order chi connectivity index (χ1) is 10.0. The van der Waals surface area contributed by atoms with Crippen molar-refractivity contribution >= 4 is 23.2 Å². The smallest absolute Gasteiger partial charge is 0.304 e. The molecule has 116 valence electrons. The second-order valence-electron chi connectivity index (χ2n) is 5.00. The van der Waals surface area contributed by atoms with Crippen LogP contribution in [0.25, 0.3) is 0 Å². The highest BCUT2D eigenvalue weighted by Crippen LogP contribution is 2.20. The van der Waals surface area contributed by atoms with Gasteiger partial charge in [-0.3, -0.25) is 14.4 Å². The predicted octanol–water partition coefficient (Wildman–Crippen LogP) is -0.269. The topological polar surface area (TPSA) is 91.5 Å². The van der Waals surface area contributed by atoms with E-state index in [1.807, 2.05) is 0 Å². The number of nitrogens with zero attached hydrogens (tertiary/aromatic N) is 1. The minimum absolute atomic E-state index is 0.0992. The van der Waals surface area contributed by atoms with E-state index < -0.39 is 6.04 Å². The fraction of sp³-hybridized carbons (Fsp3) is 0.615. The van der Waals surface area contributed by atoms with Crippen LogP contribution in [0.2, 0.25) is 0 Å². The summed E-state index contributed by atoms with van der Waals surface area (Å²) in [5.74, 6) is -0.306. The number of aromatic nitrogens is 1. The lowest BCUT2D eigenvalue weighted by molar-refractivity contribution is -0.136. The first kappa shape index (κ1) is 15.7. The molecular formula is C13H19N3O4S. The van der Waals surface area contributed by atoms with Crippen LogP contribution >= 0.6 is 11.3 Å². The molecule has 1 fully saturated rings. The quantitative estimate of drug-likeness (QED) is 0.783. The van der Waals surface area contributed by atoms with Crippen molar-refractivity contribution in [3.05, 3.63) is 20.7 Å². The van der Waals surface area contributed by atoms with Gasteiger partial charge in [0, 0.05) is 51.0 Å². The van der Waals surface area contributed by atoms with Gasteiger partial charge in [0.1, 0.15) is 6.04 Å². The van der Waals surface area contributed by atoms with Gasteiger partial charge in [0.25, 0.3) is 0 Å². The molecule has 7 nitrogen and oxygen atoms in total. The van der Waals surface area contributed by atoms with Crippen molar-refractivity contribution in [3.8, 4) is 0 Å². The van der Waals surface area contributed by atoms with Crippen LogP contribution in [0.4, 0.5) is 0 Å². The number of likely N-dealkylation sites (tertiary alicyclic amines) is 1. The van der Waals surface area contributed by atoms with Crippen molar-refractivity contribution in [1.29, 1.82) is 0 Å². The zero-order chi connectivity index (χ0) is 15.4. The zero-order valence-corrected chi connectivity index (χ0v) is 12.9. The minimum atomic E-state index is -0.478. The SMILES string of the molecule is CO[C@H]1C[C@H](C(=O)NCCc2csc(=O)[nH]2)N(C(C)=O)C1. The fourth-order valence-electron chi connectivity index (χ4n) is 2.44. The zero-order valence-electron chi connectivity index (χ0n) is 12.0. The maximum absolute atomic E-state index is 12.2. The highest BCUT2D eigenvalue weighted by atomic mass is 32.1. The number of carbonyl (C=O) groups is 2. The van der Waals surface area contributed by atoms with Gasteiger partial charge in [0.2, 0.25) is 11.8 Å². The molecule has 21 heavy (non-hydrogen) atoms. The number of ether oxygens (including phenoxy) is 1. The maximum atomic E-state index is 12.2. The first-order valence-electron chi connectivity index (χ1n) is 6.75. The average Bonchev–Trinajstić information content (AvgIpc) is 3.04. The standard InChI is InChI=1S/C13H19N3O4S/c1-8(17)16-6-10(20-2)5-11(16)12(18)14-4-3-9-7-21-13(19)15-9/h7,10-11H,3-6H2,1-2H3,(H,14,18)(H,15,19)/t10-,11+/m0/s1. The fourth-order valence-corrected chi connectivity index (χ4v) is 3.06. The van der Waals surface area contributed by atoms with Crippen LogP contribution in [0.5, 0.6) is 0 Å². The van der Waals surface area contributed by atoms with Gasteiger partial charge in [-0.15, -0.1) is 0 Å². The van der Waals surface area contributed by atoms with Crippen molar-refractivity contribution in [1.82, 2.24) is 15.2 Å². The lowest BCUT2D eigenvalue weighted by atomic mass is 10.2. The van der Waals surface area contributed by atoms with Crippen LogP contribution < -0.4 is 10.2 Å². The van der Waals surface area contributed by atoms with Crippen molar-refractivity contribution < 1.29 is 14.3 Å². The van der Waals surface area contributed by atoms with E-state index in [1.165, 1.54) is 11.8 Å². The van der Waals surface area contributed by atoms with Crippen LogP contribution in [-0.2, 0) is 20.7 Å². The van der Waals surface area contributed by atoms with Gasteiger partial charge in [-0.2, -0.15) is 0 Å². The summed E-state index contributed by atoms with van der Waals surface area (Å²) in [7, 11) is 1.58. The summed E-state index contributed by atoms with van der Waals surface area (Å²) in [5, 5.41) is 4.55. The van der Waals surface area contributed by atoms with Crippen LogP contribution in [0, 0.1) is 0 Å². The summed E-state index contributed by atoms with van der Waals surface area (Å²) < 4.78 is 5.24. The normalized spacial score (nSPS) is 21.5. The number of nitrogens with one attached hydrogen (secondary N) is 2. The molecule has 1 aliphatic rings. The maximum Gasteiger partial charge on any atom is 0.304 e. The summed E-state index contributed by atoms with van der Waals surface area (Å²) in [5.41, 5.74) is 0.801. The molecule has 1 aromatic rings. The monoisotopic (exact) mass is 313 g/mol. The molecule has 0 unspecified atom stereocenters. The minimum Gasteiger partial charge on any atom is -0.380 e. The molecule has 2 N–H and O–H groups in total. The molecule has 2 rings (SSSR count). The van der Waals surface area contributed by atoms with Crippen molar-refractivity contribution in [2.45, 2.75) is 31.9 Å². The summed E-state index contributed by atoms with van der Waals surface area (Å²) in [6, 6.07) is -0.478. The van der Waals surface area contributed by atoms with Crippen LogP contribution in [0.15, 0.2) is 10.2 Å². The predicted molar refractivity (Wildman–Crippen MR) is 78.2 cm³/mol. The molecular weight excluding hydrogens is 294 g/mol. The van der Waals surface area contributed by atoms with Crippen LogP contribution in [0.3, 0.4) is 0 Å². The molecule has 1 saturated heterocycles. The Labute approximate surface area is 126 Å². The number of hydrogen-bond donors (Lipinski definition) is 2. The Morgan fingerprint density at radius 1 is 1.57 bits per heavy atom. The number of hydrogen-bond acceptors (Lipinski definition) is 5. The molecule has 0 aliphatic carbocycles. The Hall–Kier alpha value is -1.67. The molecule has 0 radical (unpaired) electrons. The second kappa shape index (κ2) is 6.86. The van der Waals surface area contributed by atoms with E-state index in [2.05, 4.69) is 10.3 Å². The Balaban J connectivity index is 1.86. The molecule has 0 bridgehead atoms. The highest BCUT2D eigenvalue weighted by Gasteiger charge is 2.38. The van der Waals surface area contributed by atoms with E-state index in [1.54, 1.807) is 12.5 Å². The van der Waals surface area contributed by atoms with Crippen LogP contribution in [0.1, 0.15) is 19.0 Å². The molecule has 1 aliphatic heterocycles. The van der Waals surface area contributed by atoms with Crippen molar-refractivity contribution in [2.24, 2.45) is 0 Å². The third kappa shape index (κ3) is 3.92. The highest BCUT2D eigenvalue weighted by molar-refractivity contribution is 7.07. The Kier molecular flexibility index (Phi) is 5.13. The number of carbonyl (C=O) groups excluding carboxylic acids is 2. The largest absolute Gasteiger partial charge is 0.380 e. The number of rotatable bonds is 5. The molecule has 2 atom stereocenters. The molecule has 0 saturated carbocycles. The van der Waals surface area contributed by atoms with E-state index in [4.69, 9.17) is 4.74 Å². The van der Waals surface area contributed by atoms with Gasteiger partial charge in [0.15, 0.2) is 0 Å². The third-order valence-corrected chi connectivity index (χ3v) is 4.29. The van der Waals surface area contributed by atoms with E-state index in [0.29, 0.717) is 25.9 Å². The van der Waals surface area contributed by atoms with Gasteiger partial charge >= 0.3 is 4.87 Å². The Bertz CT molecular complexity index is 568. The number of H-pyrrole nitrogens is 1. The van der Waals surface area contributed by atoms with Gasteiger partial charge < -0.3 is 19.9 Å². The molecule has 8 heteroatoms. The molecule has 2 amide bonds. The van der Waals surface area contributed by atoms with E-state index in [-0.39, 0.29) is 22.8 Å². The Morgan fingerprint density at radius 2 is 2.33 bits per heavy atom. The first-order valence-corrected chi connectivity index (χ1v) is 7.63. The van der Waals surface area contributed by atoms with Gasteiger partial charge in [0.05, 0.1) is 6.10 Å². The summed E-state index contributed by atoms with van der Waals surface area (Å²) in [6.45, 7) is 2.32. The van der Waals surface area contributed by atoms with Crippen molar-refractivity contribution in [3.63, 3.8) is 0 Å². The lowest BCUT2D eigenvalue weighted by Crippen LogP contribution is -2.45. The molecule has 0 spiro atoms. The number of thiazole rings is 1. The average molecular weight is 313 g/mol. The van der Waals surface area contributed by atoms with Gasteiger partial charge in [-0.25, -0.2) is 0 Å². The summed E-state index contributed by atoms with van der Waals surface area (Å²) in [6.07, 6.45) is 0.972. The molecule has 0 aromatic carbocycles. The van der Waals surface area contributed by atoms with Gasteiger partial charge in [-0.05, 0) is 0 Å². The molecule has 2 heterocycles.